The molecular formula is C24H20N4O3S. The number of rotatable bonds is 3. The molecule has 2 aromatic heterocycles. The molecule has 1 aliphatic heterocycles. The first-order chi connectivity index (χ1) is 15.5. The topological polar surface area (TPSA) is 95.4 Å². The molecule has 2 N–H and O–H groups in total. The summed E-state index contributed by atoms with van der Waals surface area (Å²) in [6.45, 7) is 1.96. The second-order valence-electron chi connectivity index (χ2n) is 7.64. The smallest absolute Gasteiger partial charge is 0.328 e. The average Bonchev–Trinajstić information content (AvgIpc) is 3.20. The van der Waals surface area contributed by atoms with Crippen molar-refractivity contribution < 1.29 is 14.7 Å². The lowest BCUT2D eigenvalue weighted by molar-refractivity contribution is 0.101. The van der Waals surface area contributed by atoms with E-state index in [1.165, 1.54) is 24.3 Å². The summed E-state index contributed by atoms with van der Waals surface area (Å²) in [5, 5.41) is 13.4. The van der Waals surface area contributed by atoms with Gasteiger partial charge in [0.25, 0.3) is 0 Å². The molecule has 0 saturated heterocycles. The van der Waals surface area contributed by atoms with Crippen LogP contribution in [0.4, 0.5) is 15.6 Å². The number of aromatic hydroxyl groups is 1. The van der Waals surface area contributed by atoms with Gasteiger partial charge < -0.3 is 5.11 Å². The van der Waals surface area contributed by atoms with Crippen molar-refractivity contribution in [1.29, 1.82) is 0 Å². The van der Waals surface area contributed by atoms with Gasteiger partial charge in [-0.2, -0.15) is 0 Å². The fourth-order valence-electron chi connectivity index (χ4n) is 3.90. The molecule has 0 unspecified atom stereocenters. The number of aryl methyl sites for hydroxylation is 1. The highest BCUT2D eigenvalue weighted by Crippen LogP contribution is 2.33. The van der Waals surface area contributed by atoms with Crippen LogP contribution < -0.4 is 10.2 Å². The van der Waals surface area contributed by atoms with Crippen molar-refractivity contribution in [3.05, 3.63) is 65.9 Å². The minimum Gasteiger partial charge on any atom is -0.506 e. The number of benzene rings is 2. The Kier molecular flexibility index (Phi) is 5.07. The standard InChI is InChI=1S/C24H20N4O3S/c1-14(29)22-20(30)11-10-17(25-22)16-9-8-15-5-4-12-28(19(15)13-16)24(31)27-23-26-18-6-2-3-7-21(18)32-23/h2-3,6-11,13,30H,4-5,12H2,1H3,(H,26,27,31). The number of para-hydroxylation sites is 1. The molecule has 0 bridgehead atoms. The number of aromatic nitrogens is 2. The predicted molar refractivity (Wildman–Crippen MR) is 126 cm³/mol. The highest BCUT2D eigenvalue weighted by atomic mass is 32.1. The first-order valence-corrected chi connectivity index (χ1v) is 11.1. The van der Waals surface area contributed by atoms with Crippen molar-refractivity contribution in [1.82, 2.24) is 9.97 Å². The normalized spacial score (nSPS) is 13.1. The average molecular weight is 445 g/mol. The molecule has 32 heavy (non-hydrogen) atoms. The molecule has 160 valence electrons. The number of anilines is 2. The van der Waals surface area contributed by atoms with E-state index < -0.39 is 0 Å². The van der Waals surface area contributed by atoms with Crippen LogP contribution >= 0.6 is 11.3 Å². The number of fused-ring (bicyclic) bond motifs is 2. The lowest BCUT2D eigenvalue weighted by Gasteiger charge is -2.29. The number of hydrogen-bond acceptors (Lipinski definition) is 6. The number of amides is 2. The molecule has 0 radical (unpaired) electrons. The Morgan fingerprint density at radius 1 is 1.09 bits per heavy atom. The summed E-state index contributed by atoms with van der Waals surface area (Å²) in [5.74, 6) is -0.449. The van der Waals surface area contributed by atoms with Gasteiger partial charge in [-0.15, -0.1) is 0 Å². The van der Waals surface area contributed by atoms with Crippen LogP contribution in [0.15, 0.2) is 54.6 Å². The Morgan fingerprint density at radius 2 is 1.94 bits per heavy atom. The lowest BCUT2D eigenvalue weighted by Crippen LogP contribution is -2.38. The number of nitrogens with one attached hydrogen (secondary N) is 1. The summed E-state index contributed by atoms with van der Waals surface area (Å²) in [4.78, 5) is 35.5. The Morgan fingerprint density at radius 3 is 2.75 bits per heavy atom. The molecule has 4 aromatic rings. The fourth-order valence-corrected chi connectivity index (χ4v) is 4.76. The van der Waals surface area contributed by atoms with Crippen molar-refractivity contribution in [2.45, 2.75) is 19.8 Å². The van der Waals surface area contributed by atoms with Gasteiger partial charge in [0.1, 0.15) is 11.4 Å². The van der Waals surface area contributed by atoms with Crippen LogP contribution in [0.25, 0.3) is 21.5 Å². The van der Waals surface area contributed by atoms with E-state index in [1.807, 2.05) is 42.5 Å². The molecule has 0 spiro atoms. The van der Waals surface area contributed by atoms with Crippen molar-refractivity contribution in [3.8, 4) is 17.0 Å². The predicted octanol–water partition coefficient (Wildman–Crippen LogP) is 5.25. The monoisotopic (exact) mass is 444 g/mol. The maximum Gasteiger partial charge on any atom is 0.328 e. The molecule has 5 rings (SSSR count). The van der Waals surface area contributed by atoms with Crippen LogP contribution in [0.1, 0.15) is 29.4 Å². The van der Waals surface area contributed by atoms with Gasteiger partial charge in [-0.05, 0) is 48.7 Å². The molecule has 0 saturated carbocycles. The van der Waals surface area contributed by atoms with Crippen LogP contribution in [-0.2, 0) is 6.42 Å². The van der Waals surface area contributed by atoms with Gasteiger partial charge in [-0.3, -0.25) is 15.0 Å². The summed E-state index contributed by atoms with van der Waals surface area (Å²) in [7, 11) is 0. The van der Waals surface area contributed by atoms with E-state index in [0.717, 1.165) is 39.9 Å². The fraction of sp³-hybridized carbons (Fsp3) is 0.167. The Bertz CT molecular complexity index is 1330. The maximum atomic E-state index is 13.1. The molecule has 0 atom stereocenters. The third kappa shape index (κ3) is 3.69. The number of carbonyl (C=O) groups excluding carboxylic acids is 2. The summed E-state index contributed by atoms with van der Waals surface area (Å²) >= 11 is 1.44. The van der Waals surface area contributed by atoms with Gasteiger partial charge in [0.15, 0.2) is 10.9 Å². The number of thiazole rings is 1. The van der Waals surface area contributed by atoms with Crippen molar-refractivity contribution in [2.75, 3.05) is 16.8 Å². The van der Waals surface area contributed by atoms with Crippen LogP contribution in [0.2, 0.25) is 0 Å². The highest BCUT2D eigenvalue weighted by Gasteiger charge is 2.24. The summed E-state index contributed by atoms with van der Waals surface area (Å²) in [6, 6.07) is 16.5. The first kappa shape index (κ1) is 20.1. The number of Topliss-reactive ketones (excluding diaryl/α,β-unsaturated/α-hetero) is 1. The molecule has 2 amide bonds. The van der Waals surface area contributed by atoms with Gasteiger partial charge >= 0.3 is 6.03 Å². The van der Waals surface area contributed by atoms with Crippen LogP contribution in [0.3, 0.4) is 0 Å². The van der Waals surface area contributed by atoms with Crippen molar-refractivity contribution >= 4 is 44.2 Å². The molecule has 0 fully saturated rings. The summed E-state index contributed by atoms with van der Waals surface area (Å²) in [5.41, 5.74) is 4.11. The third-order valence-electron chi connectivity index (χ3n) is 5.46. The lowest BCUT2D eigenvalue weighted by atomic mass is 9.98. The maximum absolute atomic E-state index is 13.1. The Balaban J connectivity index is 1.46. The van der Waals surface area contributed by atoms with Gasteiger partial charge in [0.05, 0.1) is 15.9 Å². The number of hydrogen-bond donors (Lipinski definition) is 2. The zero-order chi connectivity index (χ0) is 22.2. The highest BCUT2D eigenvalue weighted by molar-refractivity contribution is 7.22. The third-order valence-corrected chi connectivity index (χ3v) is 6.41. The van der Waals surface area contributed by atoms with Gasteiger partial charge in [-0.1, -0.05) is 35.6 Å². The van der Waals surface area contributed by atoms with Gasteiger partial charge in [0, 0.05) is 24.7 Å². The minimum absolute atomic E-state index is 0.0330. The van der Waals surface area contributed by atoms with Crippen LogP contribution in [-0.4, -0.2) is 33.4 Å². The molecule has 8 heteroatoms. The molecule has 2 aromatic carbocycles. The second-order valence-corrected chi connectivity index (χ2v) is 8.67. The zero-order valence-corrected chi connectivity index (χ0v) is 18.1. The first-order valence-electron chi connectivity index (χ1n) is 10.3. The minimum atomic E-state index is -0.306. The molecule has 7 nitrogen and oxygen atoms in total. The number of ketones is 1. The summed E-state index contributed by atoms with van der Waals surface area (Å²) < 4.78 is 1.02. The van der Waals surface area contributed by atoms with Gasteiger partial charge in [0.2, 0.25) is 0 Å². The van der Waals surface area contributed by atoms with E-state index in [9.17, 15) is 14.7 Å². The molecule has 0 aliphatic carbocycles. The number of carbonyl (C=O) groups is 2. The quantitative estimate of drug-likeness (QED) is 0.421. The van der Waals surface area contributed by atoms with Crippen LogP contribution in [0.5, 0.6) is 5.75 Å². The van der Waals surface area contributed by atoms with Crippen molar-refractivity contribution in [2.24, 2.45) is 0 Å². The summed E-state index contributed by atoms with van der Waals surface area (Å²) in [6.07, 6.45) is 1.74. The number of nitrogens with zero attached hydrogens (tertiary/aromatic N) is 3. The Labute approximate surface area is 188 Å². The second kappa shape index (κ2) is 8.05. The Hall–Kier alpha value is -3.78. The van der Waals surface area contributed by atoms with E-state index in [1.54, 1.807) is 11.0 Å². The molecular weight excluding hydrogens is 424 g/mol. The van der Waals surface area contributed by atoms with E-state index in [2.05, 4.69) is 15.3 Å². The number of urea groups is 1. The van der Waals surface area contributed by atoms with E-state index in [0.29, 0.717) is 17.4 Å². The zero-order valence-electron chi connectivity index (χ0n) is 17.3. The SMILES string of the molecule is CC(=O)c1nc(-c2ccc3c(c2)N(C(=O)Nc2nc4ccccc4s2)CCC3)ccc1O. The van der Waals surface area contributed by atoms with Crippen molar-refractivity contribution in [3.63, 3.8) is 0 Å². The molecule has 3 heterocycles. The number of pyridine rings is 1. The van der Waals surface area contributed by atoms with E-state index >= 15 is 0 Å². The van der Waals surface area contributed by atoms with Gasteiger partial charge in [-0.25, -0.2) is 14.8 Å². The van der Waals surface area contributed by atoms with E-state index in [4.69, 9.17) is 0 Å². The molecule has 1 aliphatic rings. The largest absolute Gasteiger partial charge is 0.506 e. The van der Waals surface area contributed by atoms with E-state index in [-0.39, 0.29) is 23.3 Å². The van der Waals surface area contributed by atoms with Crippen LogP contribution in [0, 0.1) is 0 Å².